The Hall–Kier alpha value is -2.34. The summed E-state index contributed by atoms with van der Waals surface area (Å²) in [6.07, 6.45) is 5.21. The topological polar surface area (TPSA) is 79.2 Å². The van der Waals surface area contributed by atoms with E-state index in [4.69, 9.17) is 0 Å². The van der Waals surface area contributed by atoms with Crippen molar-refractivity contribution in [2.75, 3.05) is 11.9 Å². The van der Waals surface area contributed by atoms with Gasteiger partial charge in [-0.15, -0.1) is 0 Å². The van der Waals surface area contributed by atoms with E-state index < -0.39 is 5.60 Å². The van der Waals surface area contributed by atoms with Gasteiger partial charge in [0.2, 0.25) is 0 Å². The Kier molecular flexibility index (Phi) is 6.58. The van der Waals surface area contributed by atoms with Crippen molar-refractivity contribution in [3.63, 3.8) is 0 Å². The predicted molar refractivity (Wildman–Crippen MR) is 99.5 cm³/mol. The van der Waals surface area contributed by atoms with Gasteiger partial charge in [0.05, 0.1) is 12.1 Å². The second-order valence-electron chi connectivity index (χ2n) is 7.14. The molecule has 2 amide bonds. The molecule has 1 unspecified atom stereocenters. The molecule has 1 aromatic carbocycles. The van der Waals surface area contributed by atoms with Crippen molar-refractivity contribution >= 4 is 11.7 Å². The van der Waals surface area contributed by atoms with Crippen LogP contribution in [-0.4, -0.2) is 33.1 Å². The second-order valence-corrected chi connectivity index (χ2v) is 7.14. The zero-order valence-corrected chi connectivity index (χ0v) is 15.2. The molecule has 0 aliphatic heterocycles. The van der Waals surface area contributed by atoms with Crippen LogP contribution < -0.4 is 10.6 Å². The van der Waals surface area contributed by atoms with Crippen molar-refractivity contribution in [2.45, 2.75) is 45.8 Å². The van der Waals surface area contributed by atoms with Crippen LogP contribution >= 0.6 is 0 Å². The molecule has 0 saturated carbocycles. The number of urea groups is 1. The van der Waals surface area contributed by atoms with E-state index in [0.29, 0.717) is 24.6 Å². The molecule has 6 heteroatoms. The number of hydrogen-bond acceptors (Lipinski definition) is 3. The van der Waals surface area contributed by atoms with Crippen LogP contribution in [0.2, 0.25) is 0 Å². The fraction of sp³-hybridized carbons (Fsp3) is 0.474. The van der Waals surface area contributed by atoms with Gasteiger partial charge in [0.25, 0.3) is 0 Å². The molecule has 0 fully saturated rings. The number of nitrogens with zero attached hydrogens (tertiary/aromatic N) is 2. The van der Waals surface area contributed by atoms with Crippen LogP contribution in [0.25, 0.3) is 0 Å². The third-order valence-electron chi connectivity index (χ3n) is 3.98. The quantitative estimate of drug-likeness (QED) is 0.688. The monoisotopic (exact) mass is 344 g/mol. The SMILES string of the molecule is CC(C)CCC(C)(O)CNC(=O)Nc1cccc(Cn2cccn2)c1. The largest absolute Gasteiger partial charge is 0.388 e. The Labute approximate surface area is 149 Å². The number of carbonyl (C=O) groups excluding carboxylic acids is 1. The van der Waals surface area contributed by atoms with Crippen LogP contribution in [0, 0.1) is 5.92 Å². The number of anilines is 1. The van der Waals surface area contributed by atoms with Crippen LogP contribution in [0.4, 0.5) is 10.5 Å². The van der Waals surface area contributed by atoms with Crippen molar-refractivity contribution < 1.29 is 9.90 Å². The highest BCUT2D eigenvalue weighted by Gasteiger charge is 2.21. The molecule has 25 heavy (non-hydrogen) atoms. The zero-order chi connectivity index (χ0) is 18.3. The van der Waals surface area contributed by atoms with E-state index in [-0.39, 0.29) is 12.6 Å². The van der Waals surface area contributed by atoms with Gasteiger partial charge >= 0.3 is 6.03 Å². The molecule has 1 aromatic heterocycles. The number of benzene rings is 1. The van der Waals surface area contributed by atoms with E-state index in [9.17, 15) is 9.90 Å². The minimum Gasteiger partial charge on any atom is -0.388 e. The zero-order valence-electron chi connectivity index (χ0n) is 15.2. The summed E-state index contributed by atoms with van der Waals surface area (Å²) in [5.41, 5.74) is 0.859. The first-order chi connectivity index (χ1) is 11.8. The minimum absolute atomic E-state index is 0.221. The van der Waals surface area contributed by atoms with E-state index in [0.717, 1.165) is 12.0 Å². The number of amides is 2. The summed E-state index contributed by atoms with van der Waals surface area (Å²) in [5.74, 6) is 0.526. The summed E-state index contributed by atoms with van der Waals surface area (Å²) in [5, 5.41) is 20.0. The lowest BCUT2D eigenvalue weighted by Gasteiger charge is -2.24. The summed E-state index contributed by atoms with van der Waals surface area (Å²) >= 11 is 0. The van der Waals surface area contributed by atoms with Gasteiger partial charge in [-0.2, -0.15) is 5.10 Å². The third kappa shape index (κ3) is 6.97. The van der Waals surface area contributed by atoms with Gasteiger partial charge in [0.15, 0.2) is 0 Å². The molecular weight excluding hydrogens is 316 g/mol. The molecule has 1 heterocycles. The summed E-state index contributed by atoms with van der Waals surface area (Å²) in [6.45, 7) is 6.85. The molecule has 0 radical (unpaired) electrons. The van der Waals surface area contributed by atoms with E-state index in [1.54, 1.807) is 13.1 Å². The van der Waals surface area contributed by atoms with Gasteiger partial charge in [-0.1, -0.05) is 26.0 Å². The number of carbonyl (C=O) groups is 1. The van der Waals surface area contributed by atoms with Crippen molar-refractivity contribution in [1.82, 2.24) is 15.1 Å². The van der Waals surface area contributed by atoms with Crippen LogP contribution in [-0.2, 0) is 6.54 Å². The Morgan fingerprint density at radius 2 is 2.16 bits per heavy atom. The summed E-state index contributed by atoms with van der Waals surface area (Å²) in [4.78, 5) is 12.1. The highest BCUT2D eigenvalue weighted by atomic mass is 16.3. The predicted octanol–water partition coefficient (Wildman–Crippen LogP) is 3.24. The smallest absolute Gasteiger partial charge is 0.319 e. The molecular formula is C19H28N4O2. The van der Waals surface area contributed by atoms with Gasteiger partial charge < -0.3 is 15.7 Å². The van der Waals surface area contributed by atoms with Gasteiger partial charge in [0.1, 0.15) is 0 Å². The summed E-state index contributed by atoms with van der Waals surface area (Å²) in [7, 11) is 0. The standard InChI is InChI=1S/C19H28N4O2/c1-15(2)8-9-19(3,25)14-20-18(24)22-17-7-4-6-16(12-17)13-23-11-5-10-21-23/h4-7,10-12,15,25H,8-9,13-14H2,1-3H3,(H2,20,22,24). The van der Waals surface area contributed by atoms with Crippen LogP contribution in [0.15, 0.2) is 42.7 Å². The number of hydrogen-bond donors (Lipinski definition) is 3. The lowest BCUT2D eigenvalue weighted by molar-refractivity contribution is 0.0481. The normalized spacial score (nSPS) is 13.5. The Morgan fingerprint density at radius 3 is 2.84 bits per heavy atom. The van der Waals surface area contributed by atoms with E-state index in [1.807, 2.05) is 41.2 Å². The first-order valence-corrected chi connectivity index (χ1v) is 8.68. The maximum absolute atomic E-state index is 12.1. The molecule has 0 bridgehead atoms. The van der Waals surface area contributed by atoms with Crippen LogP contribution in [0.5, 0.6) is 0 Å². The molecule has 6 nitrogen and oxygen atoms in total. The van der Waals surface area contributed by atoms with Crippen LogP contribution in [0.3, 0.4) is 0 Å². The lowest BCUT2D eigenvalue weighted by atomic mass is 9.95. The highest BCUT2D eigenvalue weighted by Crippen LogP contribution is 2.16. The Morgan fingerprint density at radius 1 is 1.36 bits per heavy atom. The number of aliphatic hydroxyl groups is 1. The van der Waals surface area contributed by atoms with E-state index in [1.165, 1.54) is 0 Å². The van der Waals surface area contributed by atoms with Crippen molar-refractivity contribution in [2.24, 2.45) is 5.92 Å². The maximum atomic E-state index is 12.1. The van der Waals surface area contributed by atoms with Crippen LogP contribution in [0.1, 0.15) is 39.2 Å². The second kappa shape index (κ2) is 8.67. The molecule has 0 saturated heterocycles. The first kappa shape index (κ1) is 19.0. The number of rotatable bonds is 8. The maximum Gasteiger partial charge on any atom is 0.319 e. The molecule has 0 aliphatic carbocycles. The number of aromatic nitrogens is 2. The lowest BCUT2D eigenvalue weighted by Crippen LogP contribution is -2.42. The number of nitrogens with one attached hydrogen (secondary N) is 2. The highest BCUT2D eigenvalue weighted by molar-refractivity contribution is 5.89. The molecule has 0 spiro atoms. The minimum atomic E-state index is -0.899. The fourth-order valence-corrected chi connectivity index (χ4v) is 2.46. The van der Waals surface area contributed by atoms with E-state index in [2.05, 4.69) is 29.6 Å². The van der Waals surface area contributed by atoms with Gasteiger partial charge in [-0.25, -0.2) is 4.79 Å². The van der Waals surface area contributed by atoms with Crippen molar-refractivity contribution in [3.05, 3.63) is 48.3 Å². The fourth-order valence-electron chi connectivity index (χ4n) is 2.46. The average molecular weight is 344 g/mol. The Balaban J connectivity index is 1.84. The van der Waals surface area contributed by atoms with Crippen molar-refractivity contribution in [1.29, 1.82) is 0 Å². The molecule has 0 aliphatic rings. The molecule has 2 rings (SSSR count). The summed E-state index contributed by atoms with van der Waals surface area (Å²) < 4.78 is 1.82. The molecule has 2 aromatic rings. The molecule has 3 N–H and O–H groups in total. The molecule has 136 valence electrons. The van der Waals surface area contributed by atoms with Gasteiger partial charge in [-0.3, -0.25) is 4.68 Å². The van der Waals surface area contributed by atoms with Crippen molar-refractivity contribution in [3.8, 4) is 0 Å². The van der Waals surface area contributed by atoms with E-state index >= 15 is 0 Å². The third-order valence-corrected chi connectivity index (χ3v) is 3.98. The average Bonchev–Trinajstić information content (AvgIpc) is 3.05. The Bertz CT molecular complexity index is 666. The van der Waals surface area contributed by atoms with Gasteiger partial charge in [0, 0.05) is 24.6 Å². The summed E-state index contributed by atoms with van der Waals surface area (Å²) in [6, 6.07) is 9.19. The van der Waals surface area contributed by atoms with Gasteiger partial charge in [-0.05, 0) is 49.4 Å². The first-order valence-electron chi connectivity index (χ1n) is 8.68. The molecule has 1 atom stereocenters.